The van der Waals surface area contributed by atoms with Gasteiger partial charge in [0.1, 0.15) is 12.6 Å². The molecule has 2 aromatic rings. The first-order chi connectivity index (χ1) is 11.6. The maximum absolute atomic E-state index is 11.9. The molecule has 1 aliphatic rings. The van der Waals surface area contributed by atoms with Crippen LogP contribution >= 0.6 is 0 Å². The highest BCUT2D eigenvalue weighted by molar-refractivity contribution is 5.84. The first-order valence-electron chi connectivity index (χ1n) is 7.72. The highest BCUT2D eigenvalue weighted by atomic mass is 16.5. The fourth-order valence-corrected chi connectivity index (χ4v) is 2.89. The molecule has 2 aromatic heterocycles. The lowest BCUT2D eigenvalue weighted by molar-refractivity contribution is -0.148. The molecule has 0 aromatic carbocycles. The second-order valence-corrected chi connectivity index (χ2v) is 5.62. The summed E-state index contributed by atoms with van der Waals surface area (Å²) in [6.07, 6.45) is 3.94. The predicted octanol–water partition coefficient (Wildman–Crippen LogP) is 1.03. The van der Waals surface area contributed by atoms with Crippen molar-refractivity contribution < 1.29 is 14.3 Å². The Hall–Kier alpha value is -2.95. The third-order valence-corrected chi connectivity index (χ3v) is 4.06. The van der Waals surface area contributed by atoms with Crippen LogP contribution in [0.25, 0.3) is 10.9 Å². The second kappa shape index (κ2) is 6.28. The number of pyridine rings is 1. The highest BCUT2D eigenvalue weighted by Crippen LogP contribution is 2.42. The minimum atomic E-state index is -0.428. The summed E-state index contributed by atoms with van der Waals surface area (Å²) < 4.78 is 6.65. The van der Waals surface area contributed by atoms with Crippen molar-refractivity contribution in [2.75, 3.05) is 13.2 Å². The maximum Gasteiger partial charge on any atom is 0.325 e. The molecule has 0 radical (unpaired) electrons. The van der Waals surface area contributed by atoms with E-state index in [0.717, 1.165) is 10.9 Å². The topological polar surface area (TPSA) is 101 Å². The number of aromatic nitrogens is 3. The molecule has 24 heavy (non-hydrogen) atoms. The molecule has 0 spiro atoms. The molecule has 3 rings (SSSR count). The number of esters is 1. The summed E-state index contributed by atoms with van der Waals surface area (Å²) in [7, 11) is 0. The summed E-state index contributed by atoms with van der Waals surface area (Å²) in [4.78, 5) is 29.2. The molecule has 0 aliphatic heterocycles. The zero-order chi connectivity index (χ0) is 17.3. The zero-order valence-electron chi connectivity index (χ0n) is 13.5. The summed E-state index contributed by atoms with van der Waals surface area (Å²) in [6, 6.07) is 3.61. The van der Waals surface area contributed by atoms with Crippen LogP contribution in [0.5, 0.6) is 0 Å². The number of amides is 1. The van der Waals surface area contributed by atoms with Gasteiger partial charge in [-0.15, -0.1) is 0 Å². The van der Waals surface area contributed by atoms with Crippen LogP contribution in [0.4, 0.5) is 0 Å². The number of hydrogen-bond donors (Lipinski definition) is 0. The van der Waals surface area contributed by atoms with Crippen molar-refractivity contribution in [3.63, 3.8) is 0 Å². The Bertz CT molecular complexity index is 838. The van der Waals surface area contributed by atoms with E-state index in [-0.39, 0.29) is 31.1 Å². The van der Waals surface area contributed by atoms with E-state index in [4.69, 9.17) is 4.74 Å². The van der Waals surface area contributed by atoms with Gasteiger partial charge in [0, 0.05) is 18.5 Å². The molecule has 0 N–H and O–H groups in total. The lowest BCUT2D eigenvalue weighted by Gasteiger charge is -2.20. The Morgan fingerprint density at radius 1 is 1.54 bits per heavy atom. The van der Waals surface area contributed by atoms with E-state index >= 15 is 0 Å². The predicted molar refractivity (Wildman–Crippen MR) is 83.7 cm³/mol. The van der Waals surface area contributed by atoms with Gasteiger partial charge in [0.05, 0.1) is 30.4 Å². The van der Waals surface area contributed by atoms with Gasteiger partial charge in [-0.2, -0.15) is 10.4 Å². The Morgan fingerprint density at radius 2 is 2.33 bits per heavy atom. The number of carbonyl (C=O) groups excluding carboxylic acids is 2. The molecule has 1 saturated carbocycles. The second-order valence-electron chi connectivity index (χ2n) is 5.62. The first kappa shape index (κ1) is 15.9. The molecule has 2 heterocycles. The number of hydrogen-bond acceptors (Lipinski definition) is 6. The summed E-state index contributed by atoms with van der Waals surface area (Å²) >= 11 is 0. The fraction of sp³-hybridized carbons (Fsp3) is 0.438. The van der Waals surface area contributed by atoms with Crippen LogP contribution in [-0.4, -0.2) is 50.7 Å². The van der Waals surface area contributed by atoms with Gasteiger partial charge in [-0.05, 0) is 19.4 Å². The highest BCUT2D eigenvalue weighted by Gasteiger charge is 2.46. The molecule has 1 fully saturated rings. The average molecular weight is 327 g/mol. The van der Waals surface area contributed by atoms with Gasteiger partial charge in [-0.25, -0.2) is 0 Å². The van der Waals surface area contributed by atoms with E-state index in [1.54, 1.807) is 30.1 Å². The third kappa shape index (κ3) is 2.80. The summed E-state index contributed by atoms with van der Waals surface area (Å²) in [5.74, 6) is -0.617. The third-order valence-electron chi connectivity index (χ3n) is 4.06. The quantitative estimate of drug-likeness (QED) is 0.760. The van der Waals surface area contributed by atoms with E-state index in [2.05, 4.69) is 16.2 Å². The Morgan fingerprint density at radius 3 is 3.00 bits per heavy atom. The van der Waals surface area contributed by atoms with Crippen molar-refractivity contribution in [1.82, 2.24) is 19.7 Å². The molecule has 1 amide bonds. The number of fused-ring (bicyclic) bond motifs is 1. The molecule has 0 bridgehead atoms. The van der Waals surface area contributed by atoms with E-state index in [1.165, 1.54) is 11.8 Å². The summed E-state index contributed by atoms with van der Waals surface area (Å²) in [6.45, 7) is 3.35. The summed E-state index contributed by atoms with van der Waals surface area (Å²) in [5.41, 5.74) is 1.08. The minimum Gasteiger partial charge on any atom is -0.465 e. The molecule has 2 unspecified atom stereocenters. The lowest BCUT2D eigenvalue weighted by Crippen LogP contribution is -2.37. The average Bonchev–Trinajstić information content (AvgIpc) is 3.25. The zero-order valence-corrected chi connectivity index (χ0v) is 13.5. The monoisotopic (exact) mass is 327 g/mol. The van der Waals surface area contributed by atoms with Crippen LogP contribution in [0.3, 0.4) is 0 Å². The van der Waals surface area contributed by atoms with Gasteiger partial charge in [0.15, 0.2) is 5.69 Å². The summed E-state index contributed by atoms with van der Waals surface area (Å²) in [5, 5.41) is 14.3. The van der Waals surface area contributed by atoms with Gasteiger partial charge >= 0.3 is 5.97 Å². The normalized spacial score (nSPS) is 18.9. The van der Waals surface area contributed by atoms with Crippen LogP contribution in [-0.2, 0) is 14.3 Å². The van der Waals surface area contributed by atoms with Crippen LogP contribution in [0, 0.1) is 11.3 Å². The van der Waals surface area contributed by atoms with Crippen LogP contribution < -0.4 is 0 Å². The van der Waals surface area contributed by atoms with E-state index in [1.807, 2.05) is 0 Å². The SMILES string of the molecule is CCOC(=O)CN(C(C)=O)C1CC1n1nc(C#N)c2ccncc21. The van der Waals surface area contributed by atoms with Gasteiger partial charge in [0.25, 0.3) is 0 Å². The van der Waals surface area contributed by atoms with Crippen molar-refractivity contribution in [1.29, 1.82) is 5.26 Å². The van der Waals surface area contributed by atoms with Crippen LogP contribution in [0.2, 0.25) is 0 Å². The first-order valence-corrected chi connectivity index (χ1v) is 7.72. The Labute approximate surface area is 138 Å². The largest absolute Gasteiger partial charge is 0.465 e. The van der Waals surface area contributed by atoms with Gasteiger partial charge in [-0.1, -0.05) is 0 Å². The van der Waals surface area contributed by atoms with Crippen molar-refractivity contribution in [2.45, 2.75) is 32.4 Å². The van der Waals surface area contributed by atoms with Crippen molar-refractivity contribution in [2.24, 2.45) is 0 Å². The van der Waals surface area contributed by atoms with Crippen LogP contribution in [0.1, 0.15) is 32.0 Å². The Kier molecular flexibility index (Phi) is 4.16. The molecule has 124 valence electrons. The van der Waals surface area contributed by atoms with Crippen molar-refractivity contribution >= 4 is 22.8 Å². The lowest BCUT2D eigenvalue weighted by atomic mass is 10.2. The number of rotatable bonds is 5. The molecule has 8 heteroatoms. The minimum absolute atomic E-state index is 0.0721. The smallest absolute Gasteiger partial charge is 0.325 e. The molecular weight excluding hydrogens is 310 g/mol. The van der Waals surface area contributed by atoms with E-state index in [0.29, 0.717) is 12.1 Å². The molecule has 2 atom stereocenters. The number of nitriles is 1. The van der Waals surface area contributed by atoms with E-state index < -0.39 is 5.97 Å². The maximum atomic E-state index is 11.9. The van der Waals surface area contributed by atoms with Gasteiger partial charge < -0.3 is 9.64 Å². The standard InChI is InChI=1S/C16H17N5O3/c1-3-24-16(23)9-20(10(2)22)13-6-14(13)21-15-8-18-5-4-11(15)12(7-17)19-21/h4-5,8,13-14H,3,6,9H2,1-2H3. The van der Waals surface area contributed by atoms with Crippen molar-refractivity contribution in [3.8, 4) is 6.07 Å². The molecule has 0 saturated heterocycles. The van der Waals surface area contributed by atoms with Gasteiger partial charge in [0.2, 0.25) is 5.91 Å². The van der Waals surface area contributed by atoms with Crippen molar-refractivity contribution in [3.05, 3.63) is 24.2 Å². The number of ether oxygens (including phenoxy) is 1. The van der Waals surface area contributed by atoms with Gasteiger partial charge in [-0.3, -0.25) is 19.3 Å². The van der Waals surface area contributed by atoms with Crippen LogP contribution in [0.15, 0.2) is 18.5 Å². The number of carbonyl (C=O) groups is 2. The Balaban J connectivity index is 1.85. The number of nitrogens with zero attached hydrogens (tertiary/aromatic N) is 5. The fourth-order valence-electron chi connectivity index (χ4n) is 2.89. The molecular formula is C16H17N5O3. The van der Waals surface area contributed by atoms with E-state index in [9.17, 15) is 14.9 Å². The molecule has 8 nitrogen and oxygen atoms in total. The molecule has 1 aliphatic carbocycles.